The van der Waals surface area contributed by atoms with E-state index in [9.17, 15) is 14.7 Å². The van der Waals surface area contributed by atoms with E-state index in [1.807, 2.05) is 20.8 Å². The summed E-state index contributed by atoms with van der Waals surface area (Å²) in [7, 11) is 1.55. The van der Waals surface area contributed by atoms with E-state index in [-0.39, 0.29) is 22.6 Å². The first-order chi connectivity index (χ1) is 15.6. The first-order valence-corrected chi connectivity index (χ1v) is 11.1. The molecule has 0 aliphatic carbocycles. The van der Waals surface area contributed by atoms with Gasteiger partial charge in [-0.05, 0) is 29.8 Å². The zero-order valence-corrected chi connectivity index (χ0v) is 20.2. The maximum atomic E-state index is 13.2. The average molecular weight is 511 g/mol. The van der Waals surface area contributed by atoms with Gasteiger partial charge in [0.15, 0.2) is 5.82 Å². The number of halogens is 1. The number of ether oxygens (including phenoxy) is 1. The smallest absolute Gasteiger partial charge is 0.301 e. The molecule has 0 bridgehead atoms. The Bertz CT molecular complexity index is 1240. The zero-order valence-electron chi connectivity index (χ0n) is 18.6. The van der Waals surface area contributed by atoms with Crippen molar-refractivity contribution >= 4 is 39.2 Å². The third-order valence-electron chi connectivity index (χ3n) is 5.48. The predicted octanol–water partition coefficient (Wildman–Crippen LogP) is 5.37. The summed E-state index contributed by atoms with van der Waals surface area (Å²) in [6, 6.07) is 14.6. The highest BCUT2D eigenvalue weighted by atomic mass is 79.9. The summed E-state index contributed by atoms with van der Waals surface area (Å²) < 4.78 is 11.5. The van der Waals surface area contributed by atoms with Crippen molar-refractivity contribution in [2.75, 3.05) is 12.0 Å². The molecule has 8 heteroatoms. The van der Waals surface area contributed by atoms with E-state index in [1.165, 1.54) is 4.90 Å². The van der Waals surface area contributed by atoms with E-state index in [1.54, 1.807) is 61.7 Å². The van der Waals surface area contributed by atoms with E-state index in [0.29, 0.717) is 22.6 Å². The molecule has 1 atom stereocenters. The summed E-state index contributed by atoms with van der Waals surface area (Å²) in [5.41, 5.74) is 0.679. The molecule has 1 aliphatic heterocycles. The number of hydrogen-bond donors (Lipinski definition) is 1. The molecule has 1 aliphatic rings. The number of ketones is 1. The lowest BCUT2D eigenvalue weighted by atomic mass is 9.93. The summed E-state index contributed by atoms with van der Waals surface area (Å²) in [6.45, 7) is 5.87. The highest BCUT2D eigenvalue weighted by Crippen LogP contribution is 2.43. The van der Waals surface area contributed by atoms with Gasteiger partial charge in [-0.15, -0.1) is 0 Å². The quantitative estimate of drug-likeness (QED) is 0.288. The van der Waals surface area contributed by atoms with Crippen molar-refractivity contribution < 1.29 is 24.0 Å². The Morgan fingerprint density at radius 1 is 1.09 bits per heavy atom. The number of aromatic nitrogens is 1. The largest absolute Gasteiger partial charge is 0.507 e. The Kier molecular flexibility index (Phi) is 5.88. The molecular formula is C25H23BrN2O5. The Balaban J connectivity index is 1.91. The van der Waals surface area contributed by atoms with Gasteiger partial charge < -0.3 is 14.4 Å². The van der Waals surface area contributed by atoms with Crippen LogP contribution >= 0.6 is 15.9 Å². The number of methoxy groups -OCH3 is 1. The van der Waals surface area contributed by atoms with Gasteiger partial charge in [-0.3, -0.25) is 14.5 Å². The van der Waals surface area contributed by atoms with E-state index in [4.69, 9.17) is 9.26 Å². The number of carbonyl (C=O) groups is 2. The van der Waals surface area contributed by atoms with Gasteiger partial charge in [0.05, 0.1) is 18.7 Å². The van der Waals surface area contributed by atoms with Crippen LogP contribution < -0.4 is 9.64 Å². The van der Waals surface area contributed by atoms with Crippen molar-refractivity contribution in [2.24, 2.45) is 0 Å². The first-order valence-electron chi connectivity index (χ1n) is 10.3. The number of aliphatic hydroxyl groups is 1. The number of rotatable bonds is 4. The molecule has 33 heavy (non-hydrogen) atoms. The van der Waals surface area contributed by atoms with Crippen LogP contribution in [0.15, 0.2) is 69.2 Å². The lowest BCUT2D eigenvalue weighted by Gasteiger charge is -2.23. The minimum absolute atomic E-state index is 0.0206. The topological polar surface area (TPSA) is 92.9 Å². The third-order valence-corrected chi connectivity index (χ3v) is 6.01. The molecule has 1 N–H and O–H groups in total. The molecule has 0 radical (unpaired) electrons. The van der Waals surface area contributed by atoms with Crippen LogP contribution in [0.5, 0.6) is 5.75 Å². The summed E-state index contributed by atoms with van der Waals surface area (Å²) in [4.78, 5) is 27.6. The number of amides is 1. The number of Topliss-reactive ketones (excluding diaryl/α,β-unsaturated/α-hetero) is 1. The SMILES string of the molecule is COc1ccc([C@H]2/C(=C(\O)c3ccc(Br)cc3)C(=O)C(=O)N2c2cc(C(C)(C)C)on2)cc1. The summed E-state index contributed by atoms with van der Waals surface area (Å²) in [5.74, 6) is -0.443. The molecule has 0 saturated carbocycles. The standard InChI is InChI=1S/C25H23BrN2O5/c1-25(2,3)18-13-19(27-33-18)28-21(14-7-11-17(32-4)12-8-14)20(23(30)24(28)31)22(29)15-5-9-16(26)10-6-15/h5-13,21,29H,1-4H3/b22-20+/t21-/m0/s1. The molecule has 0 spiro atoms. The van der Waals surface area contributed by atoms with Crippen LogP contribution in [0, 0.1) is 0 Å². The number of aliphatic hydroxyl groups excluding tert-OH is 1. The van der Waals surface area contributed by atoms with Gasteiger partial charge in [-0.2, -0.15) is 0 Å². The molecule has 2 aromatic carbocycles. The van der Waals surface area contributed by atoms with Crippen LogP contribution in [-0.2, 0) is 15.0 Å². The fraction of sp³-hybridized carbons (Fsp3) is 0.240. The lowest BCUT2D eigenvalue weighted by molar-refractivity contribution is -0.132. The maximum absolute atomic E-state index is 13.2. The lowest BCUT2D eigenvalue weighted by Crippen LogP contribution is -2.29. The van der Waals surface area contributed by atoms with Crippen LogP contribution in [0.4, 0.5) is 5.82 Å². The van der Waals surface area contributed by atoms with E-state index in [2.05, 4.69) is 21.1 Å². The molecule has 1 aromatic heterocycles. The van der Waals surface area contributed by atoms with Crippen molar-refractivity contribution in [3.63, 3.8) is 0 Å². The molecule has 2 heterocycles. The molecule has 1 fully saturated rings. The van der Waals surface area contributed by atoms with Crippen molar-refractivity contribution in [3.8, 4) is 5.75 Å². The number of anilines is 1. The molecule has 7 nitrogen and oxygen atoms in total. The van der Waals surface area contributed by atoms with E-state index >= 15 is 0 Å². The van der Waals surface area contributed by atoms with Crippen molar-refractivity contribution in [1.82, 2.24) is 5.16 Å². The van der Waals surface area contributed by atoms with Crippen LogP contribution in [0.1, 0.15) is 43.7 Å². The van der Waals surface area contributed by atoms with Gasteiger partial charge in [-0.1, -0.05) is 66.1 Å². The molecule has 1 amide bonds. The number of hydrogen-bond acceptors (Lipinski definition) is 6. The normalized spacial score (nSPS) is 18.1. The van der Waals surface area contributed by atoms with Crippen molar-refractivity contribution in [3.05, 3.63) is 81.5 Å². The average Bonchev–Trinajstić information content (AvgIpc) is 3.37. The van der Waals surface area contributed by atoms with Crippen molar-refractivity contribution in [2.45, 2.75) is 32.2 Å². The Hall–Kier alpha value is -3.39. The van der Waals surface area contributed by atoms with Gasteiger partial charge in [0.2, 0.25) is 0 Å². The van der Waals surface area contributed by atoms with Gasteiger partial charge >= 0.3 is 5.91 Å². The summed E-state index contributed by atoms with van der Waals surface area (Å²) in [6.07, 6.45) is 0. The minimum Gasteiger partial charge on any atom is -0.507 e. The van der Waals surface area contributed by atoms with Gasteiger partial charge in [0.25, 0.3) is 5.78 Å². The Morgan fingerprint density at radius 2 is 1.73 bits per heavy atom. The Labute approximate surface area is 199 Å². The number of benzene rings is 2. The maximum Gasteiger partial charge on any atom is 0.301 e. The van der Waals surface area contributed by atoms with Crippen molar-refractivity contribution in [1.29, 1.82) is 0 Å². The highest BCUT2D eigenvalue weighted by Gasteiger charge is 2.48. The first kappa shape index (κ1) is 22.8. The zero-order chi connectivity index (χ0) is 23.9. The monoisotopic (exact) mass is 510 g/mol. The van der Waals surface area contributed by atoms with Gasteiger partial charge in [0.1, 0.15) is 17.3 Å². The molecule has 0 unspecified atom stereocenters. The third kappa shape index (κ3) is 4.18. The van der Waals surface area contributed by atoms with Gasteiger partial charge in [0, 0.05) is 21.5 Å². The molecular weight excluding hydrogens is 488 g/mol. The van der Waals surface area contributed by atoms with E-state index < -0.39 is 17.7 Å². The minimum atomic E-state index is -0.891. The second-order valence-electron chi connectivity index (χ2n) is 8.75. The second-order valence-corrected chi connectivity index (χ2v) is 9.66. The van der Waals surface area contributed by atoms with Crippen LogP contribution in [0.25, 0.3) is 5.76 Å². The predicted molar refractivity (Wildman–Crippen MR) is 127 cm³/mol. The second kappa shape index (κ2) is 8.51. The molecule has 170 valence electrons. The highest BCUT2D eigenvalue weighted by molar-refractivity contribution is 9.10. The van der Waals surface area contributed by atoms with Gasteiger partial charge in [-0.25, -0.2) is 0 Å². The summed E-state index contributed by atoms with van der Waals surface area (Å²) in [5, 5.41) is 15.2. The van der Waals surface area contributed by atoms with E-state index in [0.717, 1.165) is 4.47 Å². The fourth-order valence-corrected chi connectivity index (χ4v) is 3.93. The molecule has 1 saturated heterocycles. The Morgan fingerprint density at radius 3 is 2.27 bits per heavy atom. The summed E-state index contributed by atoms with van der Waals surface area (Å²) >= 11 is 3.36. The molecule has 4 rings (SSSR count). The van der Waals surface area contributed by atoms with Crippen LogP contribution in [-0.4, -0.2) is 29.1 Å². The van der Waals surface area contributed by atoms with Crippen LogP contribution in [0.2, 0.25) is 0 Å². The number of nitrogens with zero attached hydrogens (tertiary/aromatic N) is 2. The number of carbonyl (C=O) groups excluding carboxylic acids is 2. The van der Waals surface area contributed by atoms with Crippen LogP contribution in [0.3, 0.4) is 0 Å². The fourth-order valence-electron chi connectivity index (χ4n) is 3.67. The molecule has 3 aromatic rings.